The van der Waals surface area contributed by atoms with Crippen LogP contribution in [0.3, 0.4) is 0 Å². The highest BCUT2D eigenvalue weighted by atomic mass is 32.2. The molecule has 1 atom stereocenters. The monoisotopic (exact) mass is 323 g/mol. The molecule has 22 heavy (non-hydrogen) atoms. The molecule has 0 saturated carbocycles. The van der Waals surface area contributed by atoms with E-state index < -0.39 is 9.84 Å². The minimum Gasteiger partial charge on any atom is -0.335 e. The summed E-state index contributed by atoms with van der Waals surface area (Å²) in [6.45, 7) is 6.64. The van der Waals surface area contributed by atoms with Gasteiger partial charge in [0, 0.05) is 18.2 Å². The van der Waals surface area contributed by atoms with Crippen molar-refractivity contribution in [1.82, 2.24) is 4.90 Å². The maximum atomic E-state index is 13.0. The highest BCUT2D eigenvalue weighted by molar-refractivity contribution is 7.91. The van der Waals surface area contributed by atoms with Gasteiger partial charge in [0.1, 0.15) is 0 Å². The Bertz CT molecular complexity index is 652. The van der Waals surface area contributed by atoms with Crippen molar-refractivity contribution in [1.29, 1.82) is 0 Å². The highest BCUT2D eigenvalue weighted by Gasteiger charge is 2.35. The lowest BCUT2D eigenvalue weighted by Gasteiger charge is -2.29. The fraction of sp³-hybridized carbons (Fsp3) is 0.588. The van der Waals surface area contributed by atoms with E-state index in [1.165, 1.54) is 0 Å². The average Bonchev–Trinajstić information content (AvgIpc) is 2.82. The molecule has 1 saturated heterocycles. The van der Waals surface area contributed by atoms with Crippen LogP contribution < -0.4 is 0 Å². The molecule has 122 valence electrons. The Morgan fingerprint density at radius 3 is 2.64 bits per heavy atom. The predicted octanol–water partition coefficient (Wildman–Crippen LogP) is 2.73. The highest BCUT2D eigenvalue weighted by Crippen LogP contribution is 2.22. The molecule has 0 radical (unpaired) electrons. The van der Waals surface area contributed by atoms with Gasteiger partial charge in [0.05, 0.1) is 11.5 Å². The van der Waals surface area contributed by atoms with E-state index in [4.69, 9.17) is 0 Å². The van der Waals surface area contributed by atoms with Gasteiger partial charge in [-0.15, -0.1) is 0 Å². The van der Waals surface area contributed by atoms with Gasteiger partial charge in [0.15, 0.2) is 9.84 Å². The summed E-state index contributed by atoms with van der Waals surface area (Å²) < 4.78 is 23.5. The number of carbonyl (C=O) groups is 1. The summed E-state index contributed by atoms with van der Waals surface area (Å²) in [5.41, 5.74) is 2.76. The van der Waals surface area contributed by atoms with Crippen molar-refractivity contribution in [2.75, 3.05) is 18.1 Å². The van der Waals surface area contributed by atoms with Gasteiger partial charge in [-0.3, -0.25) is 4.79 Å². The fourth-order valence-electron chi connectivity index (χ4n) is 2.94. The minimum atomic E-state index is -2.99. The third kappa shape index (κ3) is 3.69. The van der Waals surface area contributed by atoms with Crippen molar-refractivity contribution in [2.24, 2.45) is 0 Å². The second-order valence-electron chi connectivity index (χ2n) is 6.16. The number of nitrogens with zero attached hydrogens (tertiary/aromatic N) is 1. The smallest absolute Gasteiger partial charge is 0.254 e. The second-order valence-corrected chi connectivity index (χ2v) is 8.39. The number of rotatable bonds is 5. The first-order valence-electron chi connectivity index (χ1n) is 7.93. The van der Waals surface area contributed by atoms with Crippen molar-refractivity contribution >= 4 is 15.7 Å². The van der Waals surface area contributed by atoms with Gasteiger partial charge in [-0.1, -0.05) is 25.5 Å². The number of amides is 1. The number of benzene rings is 1. The Balaban J connectivity index is 2.29. The van der Waals surface area contributed by atoms with Crippen LogP contribution in [0.15, 0.2) is 18.2 Å². The third-order valence-electron chi connectivity index (χ3n) is 4.50. The first-order chi connectivity index (χ1) is 10.4. The van der Waals surface area contributed by atoms with Gasteiger partial charge < -0.3 is 4.90 Å². The number of hydrogen-bond acceptors (Lipinski definition) is 3. The molecule has 1 amide bonds. The van der Waals surface area contributed by atoms with Crippen LogP contribution in [-0.4, -0.2) is 43.3 Å². The molecule has 1 heterocycles. The molecular formula is C17H25NO3S. The van der Waals surface area contributed by atoms with Crippen molar-refractivity contribution in [3.8, 4) is 0 Å². The normalized spacial score (nSPS) is 20.0. The van der Waals surface area contributed by atoms with Crippen LogP contribution >= 0.6 is 0 Å². The zero-order valence-electron chi connectivity index (χ0n) is 13.6. The zero-order valence-corrected chi connectivity index (χ0v) is 14.4. The SMILES string of the molecule is CCCCN(C(=O)c1cccc(C)c1C)C1CCS(=O)(=O)C1. The largest absolute Gasteiger partial charge is 0.335 e. The summed E-state index contributed by atoms with van der Waals surface area (Å²) in [6.07, 6.45) is 2.44. The Morgan fingerprint density at radius 2 is 2.05 bits per heavy atom. The minimum absolute atomic E-state index is 0.0308. The molecule has 5 heteroatoms. The summed E-state index contributed by atoms with van der Waals surface area (Å²) in [4.78, 5) is 14.7. The average molecular weight is 323 g/mol. The number of unbranched alkanes of at least 4 members (excludes halogenated alkanes) is 1. The number of hydrogen-bond donors (Lipinski definition) is 0. The van der Waals surface area contributed by atoms with E-state index >= 15 is 0 Å². The molecular weight excluding hydrogens is 298 g/mol. The van der Waals surface area contributed by atoms with Gasteiger partial charge in [-0.25, -0.2) is 8.42 Å². The topological polar surface area (TPSA) is 54.5 Å². The number of carbonyl (C=O) groups excluding carboxylic acids is 1. The molecule has 1 aromatic rings. The molecule has 1 unspecified atom stereocenters. The molecule has 1 fully saturated rings. The lowest BCUT2D eigenvalue weighted by Crippen LogP contribution is -2.42. The van der Waals surface area contributed by atoms with Crippen molar-refractivity contribution in [3.05, 3.63) is 34.9 Å². The van der Waals surface area contributed by atoms with Gasteiger partial charge in [0.25, 0.3) is 5.91 Å². The van der Waals surface area contributed by atoms with E-state index in [0.29, 0.717) is 18.5 Å². The predicted molar refractivity (Wildman–Crippen MR) is 88.9 cm³/mol. The molecule has 4 nitrogen and oxygen atoms in total. The Labute approximate surface area is 133 Å². The van der Waals surface area contributed by atoms with Crippen LogP contribution in [0.5, 0.6) is 0 Å². The molecule has 0 aliphatic carbocycles. The molecule has 0 spiro atoms. The molecule has 0 bridgehead atoms. The molecule has 0 N–H and O–H groups in total. The van der Waals surface area contributed by atoms with E-state index in [0.717, 1.165) is 24.0 Å². The first-order valence-corrected chi connectivity index (χ1v) is 9.75. The van der Waals surface area contributed by atoms with Crippen molar-refractivity contribution in [3.63, 3.8) is 0 Å². The Hall–Kier alpha value is -1.36. The lowest BCUT2D eigenvalue weighted by molar-refractivity contribution is 0.0693. The molecule has 1 aromatic carbocycles. The maximum absolute atomic E-state index is 13.0. The quantitative estimate of drug-likeness (QED) is 0.837. The van der Waals surface area contributed by atoms with Crippen LogP contribution in [0.4, 0.5) is 0 Å². The molecule has 0 aromatic heterocycles. The summed E-state index contributed by atoms with van der Waals surface area (Å²) in [5, 5.41) is 0. The van der Waals surface area contributed by atoms with E-state index in [2.05, 4.69) is 6.92 Å². The van der Waals surface area contributed by atoms with E-state index in [-0.39, 0.29) is 23.5 Å². The van der Waals surface area contributed by atoms with Gasteiger partial charge in [0.2, 0.25) is 0 Å². The van der Waals surface area contributed by atoms with Crippen LogP contribution in [-0.2, 0) is 9.84 Å². The molecule has 1 aliphatic rings. The van der Waals surface area contributed by atoms with Crippen LogP contribution in [0, 0.1) is 13.8 Å². The fourth-order valence-corrected chi connectivity index (χ4v) is 4.67. The van der Waals surface area contributed by atoms with Gasteiger partial charge in [-0.2, -0.15) is 0 Å². The maximum Gasteiger partial charge on any atom is 0.254 e. The summed E-state index contributed by atoms with van der Waals surface area (Å²) >= 11 is 0. The van der Waals surface area contributed by atoms with Gasteiger partial charge in [-0.05, 0) is 43.9 Å². The Morgan fingerprint density at radius 1 is 1.32 bits per heavy atom. The summed E-state index contributed by atoms with van der Waals surface area (Å²) in [5.74, 6) is 0.269. The van der Waals surface area contributed by atoms with Crippen LogP contribution in [0.1, 0.15) is 47.7 Å². The van der Waals surface area contributed by atoms with E-state index in [1.54, 1.807) is 4.90 Å². The first kappa shape index (κ1) is 17.0. The standard InChI is InChI=1S/C17H25NO3S/c1-4-5-10-18(15-9-11-22(20,21)12-15)17(19)16-8-6-7-13(2)14(16)3/h6-8,15H,4-5,9-12H2,1-3H3. The Kier molecular flexibility index (Phi) is 5.27. The van der Waals surface area contributed by atoms with E-state index in [1.807, 2.05) is 32.0 Å². The second kappa shape index (κ2) is 6.82. The molecule has 2 rings (SSSR count). The van der Waals surface area contributed by atoms with Crippen LogP contribution in [0.25, 0.3) is 0 Å². The summed E-state index contributed by atoms with van der Waals surface area (Å²) in [6, 6.07) is 5.54. The van der Waals surface area contributed by atoms with Crippen LogP contribution in [0.2, 0.25) is 0 Å². The van der Waals surface area contributed by atoms with Crippen molar-refractivity contribution < 1.29 is 13.2 Å². The lowest BCUT2D eigenvalue weighted by atomic mass is 10.0. The zero-order chi connectivity index (χ0) is 16.3. The van der Waals surface area contributed by atoms with E-state index in [9.17, 15) is 13.2 Å². The number of sulfone groups is 1. The third-order valence-corrected chi connectivity index (χ3v) is 6.25. The summed E-state index contributed by atoms with van der Waals surface area (Å²) in [7, 11) is -2.99. The number of aryl methyl sites for hydroxylation is 1. The van der Waals surface area contributed by atoms with Crippen molar-refractivity contribution in [2.45, 2.75) is 46.1 Å². The van der Waals surface area contributed by atoms with Gasteiger partial charge >= 0.3 is 0 Å². The molecule has 1 aliphatic heterocycles.